The summed E-state index contributed by atoms with van der Waals surface area (Å²) in [5.74, 6) is -1.13. The molecule has 4 nitrogen and oxygen atoms in total. The van der Waals surface area contributed by atoms with E-state index in [1.54, 1.807) is 33.1 Å². The zero-order valence-electron chi connectivity index (χ0n) is 9.78. The number of aliphatic carboxylic acids is 1. The Hall–Kier alpha value is -1.39. The van der Waals surface area contributed by atoms with Gasteiger partial charge in [-0.25, -0.2) is 13.8 Å². The molecule has 0 bridgehead atoms. The van der Waals surface area contributed by atoms with E-state index in [4.69, 9.17) is 5.11 Å². The van der Waals surface area contributed by atoms with Crippen molar-refractivity contribution in [3.63, 3.8) is 0 Å². The van der Waals surface area contributed by atoms with E-state index in [9.17, 15) is 9.18 Å². The molecular weight excluding hydrogens is 199 g/mol. The van der Waals surface area contributed by atoms with Gasteiger partial charge in [-0.2, -0.15) is 0 Å². The highest BCUT2D eigenvalue weighted by Crippen LogP contribution is 2.06. The van der Waals surface area contributed by atoms with Gasteiger partial charge >= 0.3 is 5.97 Å². The first-order chi connectivity index (χ1) is 6.77. The third kappa shape index (κ3) is 4.10. The van der Waals surface area contributed by atoms with Crippen LogP contribution in [0.1, 0.15) is 6.92 Å². The topological polar surface area (TPSA) is 43.6 Å². The molecule has 0 radical (unpaired) electrons. The van der Waals surface area contributed by atoms with E-state index < -0.39 is 12.1 Å². The lowest BCUT2D eigenvalue weighted by atomic mass is 10.1. The highest BCUT2D eigenvalue weighted by molar-refractivity contribution is 6.18. The van der Waals surface area contributed by atoms with Gasteiger partial charge in [-0.15, -0.1) is 0 Å². The van der Waals surface area contributed by atoms with Crippen LogP contribution < -0.4 is 0 Å². The van der Waals surface area contributed by atoms with Crippen LogP contribution in [-0.2, 0) is 4.79 Å². The number of halogens is 1. The van der Waals surface area contributed by atoms with Gasteiger partial charge in [-0.1, -0.05) is 0 Å². The maximum absolute atomic E-state index is 13.3. The fraction of sp³-hybridized carbons (Fsp3) is 0.600. The van der Waals surface area contributed by atoms with Crippen LogP contribution in [0, 0.1) is 0 Å². The van der Waals surface area contributed by atoms with E-state index >= 15 is 0 Å². The van der Waals surface area contributed by atoms with Gasteiger partial charge < -0.3 is 10.0 Å². The van der Waals surface area contributed by atoms with E-state index in [1.165, 1.54) is 17.7 Å². The lowest BCUT2D eigenvalue weighted by Crippen LogP contribution is -2.29. The summed E-state index contributed by atoms with van der Waals surface area (Å²) in [5, 5.41) is 8.98. The van der Waals surface area contributed by atoms with Crippen molar-refractivity contribution in [2.24, 2.45) is 0 Å². The summed E-state index contributed by atoms with van der Waals surface area (Å²) < 4.78 is 14.8. The molecule has 1 N–H and O–H groups in total. The van der Waals surface area contributed by atoms with Crippen LogP contribution in [0.25, 0.3) is 0 Å². The first-order valence-corrected chi connectivity index (χ1v) is 4.57. The SMILES string of the molecule is CC(F)C(/C(=C\N(C)C)C(=O)O)=[N+](C)C. The van der Waals surface area contributed by atoms with Crippen LogP contribution in [0.3, 0.4) is 0 Å². The third-order valence-corrected chi connectivity index (χ3v) is 1.75. The van der Waals surface area contributed by atoms with E-state index in [0.717, 1.165) is 0 Å². The Morgan fingerprint density at radius 3 is 2.13 bits per heavy atom. The van der Waals surface area contributed by atoms with Gasteiger partial charge in [0.2, 0.25) is 5.71 Å². The third-order valence-electron chi connectivity index (χ3n) is 1.75. The maximum Gasteiger partial charge on any atom is 0.343 e. The molecule has 0 saturated carbocycles. The summed E-state index contributed by atoms with van der Waals surface area (Å²) in [6, 6.07) is 0. The van der Waals surface area contributed by atoms with Gasteiger partial charge in [0.25, 0.3) is 0 Å². The molecule has 0 heterocycles. The summed E-state index contributed by atoms with van der Waals surface area (Å²) in [6.45, 7) is 1.32. The lowest BCUT2D eigenvalue weighted by Gasteiger charge is -2.10. The predicted octanol–water partition coefficient (Wildman–Crippen LogP) is 0.588. The van der Waals surface area contributed by atoms with Crippen LogP contribution in [0.4, 0.5) is 4.39 Å². The Morgan fingerprint density at radius 2 is 1.93 bits per heavy atom. The van der Waals surface area contributed by atoms with Gasteiger partial charge in [-0.3, -0.25) is 0 Å². The van der Waals surface area contributed by atoms with Crippen molar-refractivity contribution < 1.29 is 18.9 Å². The molecule has 1 atom stereocenters. The second-order valence-electron chi connectivity index (χ2n) is 3.71. The second-order valence-corrected chi connectivity index (χ2v) is 3.71. The number of alkyl halides is 1. The Morgan fingerprint density at radius 1 is 1.47 bits per heavy atom. The van der Waals surface area contributed by atoms with Crippen molar-refractivity contribution in [3.8, 4) is 0 Å². The molecule has 0 saturated heterocycles. The zero-order chi connectivity index (χ0) is 12.2. The van der Waals surface area contributed by atoms with Crippen molar-refractivity contribution in [1.82, 2.24) is 4.90 Å². The molecule has 86 valence electrons. The Balaban J connectivity index is 5.43. The van der Waals surface area contributed by atoms with Crippen molar-refractivity contribution in [2.75, 3.05) is 28.2 Å². The highest BCUT2D eigenvalue weighted by Gasteiger charge is 2.27. The number of hydrogen-bond acceptors (Lipinski definition) is 2. The number of nitrogens with zero attached hydrogens (tertiary/aromatic N) is 2. The Bertz CT molecular complexity index is 303. The highest BCUT2D eigenvalue weighted by atomic mass is 19.1. The van der Waals surface area contributed by atoms with Crippen molar-refractivity contribution >= 4 is 11.7 Å². The summed E-state index contributed by atoms with van der Waals surface area (Å²) in [7, 11) is 6.63. The fourth-order valence-corrected chi connectivity index (χ4v) is 1.30. The van der Waals surface area contributed by atoms with Gasteiger partial charge in [0.05, 0.1) is 0 Å². The number of carboxylic acid groups (broad SMARTS) is 1. The molecule has 0 fully saturated rings. The summed E-state index contributed by atoms with van der Waals surface area (Å²) >= 11 is 0. The minimum absolute atomic E-state index is 0.0278. The van der Waals surface area contributed by atoms with Crippen LogP contribution in [0.5, 0.6) is 0 Å². The van der Waals surface area contributed by atoms with Crippen molar-refractivity contribution in [1.29, 1.82) is 0 Å². The largest absolute Gasteiger partial charge is 0.477 e. The standard InChI is InChI=1S/C10H17FN2O2/c1-7(11)9(13(4)5)8(10(14)15)6-12(2)3/h6-7H,1-5H3/p+1. The number of hydrogen-bond donors (Lipinski definition) is 1. The summed E-state index contributed by atoms with van der Waals surface area (Å²) in [4.78, 5) is 12.6. The van der Waals surface area contributed by atoms with Crippen molar-refractivity contribution in [2.45, 2.75) is 13.1 Å². The quantitative estimate of drug-likeness (QED) is 0.426. The lowest BCUT2D eigenvalue weighted by molar-refractivity contribution is -0.466. The minimum Gasteiger partial charge on any atom is -0.477 e. The van der Waals surface area contributed by atoms with Crippen LogP contribution >= 0.6 is 0 Å². The van der Waals surface area contributed by atoms with E-state index in [0.29, 0.717) is 0 Å². The predicted molar refractivity (Wildman–Crippen MR) is 57.1 cm³/mol. The summed E-state index contributed by atoms with van der Waals surface area (Å²) in [5.41, 5.74) is 0.135. The second kappa shape index (κ2) is 5.48. The average Bonchev–Trinajstić information content (AvgIpc) is 2.00. The first kappa shape index (κ1) is 13.6. The van der Waals surface area contributed by atoms with Crippen molar-refractivity contribution in [3.05, 3.63) is 11.8 Å². The number of carbonyl (C=O) groups is 1. The van der Waals surface area contributed by atoms with Gasteiger partial charge in [0.15, 0.2) is 6.17 Å². The Labute approximate surface area is 89.3 Å². The first-order valence-electron chi connectivity index (χ1n) is 4.57. The zero-order valence-corrected chi connectivity index (χ0v) is 9.78. The Kier molecular flexibility index (Phi) is 4.97. The maximum atomic E-state index is 13.3. The van der Waals surface area contributed by atoms with E-state index in [1.807, 2.05) is 0 Å². The number of rotatable bonds is 4. The molecule has 0 aliphatic heterocycles. The smallest absolute Gasteiger partial charge is 0.343 e. The molecule has 0 aliphatic carbocycles. The molecule has 5 heteroatoms. The molecule has 0 spiro atoms. The fourth-order valence-electron chi connectivity index (χ4n) is 1.30. The molecule has 0 amide bonds. The normalized spacial score (nSPS) is 13.3. The van der Waals surface area contributed by atoms with Gasteiger partial charge in [-0.05, 0) is 6.92 Å². The molecule has 0 aromatic heterocycles. The molecule has 0 aliphatic rings. The van der Waals surface area contributed by atoms with E-state index in [2.05, 4.69) is 0 Å². The molecule has 0 aromatic carbocycles. The molecule has 0 aromatic rings. The van der Waals surface area contributed by atoms with Crippen LogP contribution in [-0.4, -0.2) is 60.6 Å². The molecule has 15 heavy (non-hydrogen) atoms. The van der Waals surface area contributed by atoms with Crippen LogP contribution in [0.2, 0.25) is 0 Å². The van der Waals surface area contributed by atoms with E-state index in [-0.39, 0.29) is 11.3 Å². The molecule has 1 unspecified atom stereocenters. The monoisotopic (exact) mass is 217 g/mol. The average molecular weight is 217 g/mol. The minimum atomic E-state index is -1.32. The van der Waals surface area contributed by atoms with Gasteiger partial charge in [0.1, 0.15) is 19.7 Å². The van der Waals surface area contributed by atoms with Crippen LogP contribution in [0.15, 0.2) is 11.8 Å². The molecular formula is C10H18FN2O2+. The summed E-state index contributed by atoms with van der Waals surface area (Å²) in [6.07, 6.45) is 0.0793. The molecule has 0 rings (SSSR count). The number of carboxylic acids is 1. The van der Waals surface area contributed by atoms with Gasteiger partial charge in [0, 0.05) is 20.3 Å².